The first-order valence-corrected chi connectivity index (χ1v) is 10.2. The van der Waals surface area contributed by atoms with Gasteiger partial charge in [-0.1, -0.05) is 12.1 Å². The first-order valence-electron chi connectivity index (χ1n) is 9.39. The van der Waals surface area contributed by atoms with Crippen LogP contribution in [0.5, 0.6) is 11.5 Å². The lowest BCUT2D eigenvalue weighted by Gasteiger charge is -2.16. The van der Waals surface area contributed by atoms with Crippen LogP contribution in [0.15, 0.2) is 54.6 Å². The zero-order valence-corrected chi connectivity index (χ0v) is 17.0. The summed E-state index contributed by atoms with van der Waals surface area (Å²) in [4.78, 5) is 26.7. The van der Waals surface area contributed by atoms with Crippen molar-refractivity contribution >= 4 is 23.1 Å². The smallest absolute Gasteiger partial charge is 0.349 e. The fourth-order valence-corrected chi connectivity index (χ4v) is 4.27. The lowest BCUT2D eigenvalue weighted by molar-refractivity contribution is 0.0323. The van der Waals surface area contributed by atoms with Gasteiger partial charge in [-0.05, 0) is 56.3 Å². The second kappa shape index (κ2) is 8.09. The number of carbonyl (C=O) groups is 2. The molecular formula is C23H20O5S. The Morgan fingerprint density at radius 2 is 1.90 bits per heavy atom. The van der Waals surface area contributed by atoms with Crippen molar-refractivity contribution in [3.63, 3.8) is 0 Å². The quantitative estimate of drug-likeness (QED) is 0.418. The molecule has 29 heavy (non-hydrogen) atoms. The van der Waals surface area contributed by atoms with Crippen LogP contribution in [-0.4, -0.2) is 24.5 Å². The molecule has 2 aromatic carbocycles. The summed E-state index contributed by atoms with van der Waals surface area (Å²) in [5, 5.41) is 0. The number of hydrogen-bond donors (Lipinski definition) is 0. The highest BCUT2D eigenvalue weighted by Crippen LogP contribution is 2.42. The normalized spacial score (nSPS) is 12.9. The average molecular weight is 408 g/mol. The van der Waals surface area contributed by atoms with Crippen molar-refractivity contribution in [3.05, 3.63) is 70.6 Å². The van der Waals surface area contributed by atoms with Crippen LogP contribution in [0.1, 0.15) is 39.4 Å². The summed E-state index contributed by atoms with van der Waals surface area (Å²) in [7, 11) is 0. The van der Waals surface area contributed by atoms with Crippen LogP contribution in [-0.2, 0) is 11.3 Å². The third-order valence-electron chi connectivity index (χ3n) is 4.63. The molecule has 0 radical (unpaired) electrons. The molecule has 0 saturated heterocycles. The fraction of sp³-hybridized carbons (Fsp3) is 0.217. The molecule has 6 heteroatoms. The molecule has 3 aromatic rings. The molecule has 5 nitrogen and oxygen atoms in total. The molecule has 4 rings (SSSR count). The molecule has 1 aliphatic heterocycles. The van der Waals surface area contributed by atoms with Gasteiger partial charge in [0.1, 0.15) is 23.0 Å². The Morgan fingerprint density at radius 1 is 1.14 bits per heavy atom. The summed E-state index contributed by atoms with van der Waals surface area (Å²) in [5.74, 6) is 0.742. The lowest BCUT2D eigenvalue weighted by atomic mass is 10.1. The molecule has 1 atom stereocenters. The Labute approximate surface area is 172 Å². The van der Waals surface area contributed by atoms with Gasteiger partial charge in [-0.25, -0.2) is 4.79 Å². The highest BCUT2D eigenvalue weighted by Gasteiger charge is 2.25. The second-order valence-corrected chi connectivity index (χ2v) is 7.67. The van der Waals surface area contributed by atoms with E-state index < -0.39 is 12.1 Å². The van der Waals surface area contributed by atoms with E-state index in [1.807, 2.05) is 31.2 Å². The van der Waals surface area contributed by atoms with Gasteiger partial charge in [0.2, 0.25) is 5.78 Å². The van der Waals surface area contributed by atoms with Crippen molar-refractivity contribution in [1.29, 1.82) is 0 Å². The third kappa shape index (κ3) is 3.89. The molecule has 0 N–H and O–H groups in total. The molecular weight excluding hydrogens is 388 g/mol. The molecule has 148 valence electrons. The van der Waals surface area contributed by atoms with E-state index >= 15 is 0 Å². The topological polar surface area (TPSA) is 61.8 Å². The van der Waals surface area contributed by atoms with Crippen molar-refractivity contribution < 1.29 is 23.8 Å². The molecule has 0 spiro atoms. The number of ether oxygens (including phenoxy) is 3. The molecule has 0 aliphatic carbocycles. The predicted octanol–water partition coefficient (Wildman–Crippen LogP) is 5.13. The first-order chi connectivity index (χ1) is 14.1. The number of thiophene rings is 1. The van der Waals surface area contributed by atoms with Crippen molar-refractivity contribution in [2.45, 2.75) is 26.6 Å². The summed E-state index contributed by atoms with van der Waals surface area (Å²) in [6.07, 6.45) is -0.886. The van der Waals surface area contributed by atoms with E-state index in [-0.39, 0.29) is 5.78 Å². The van der Waals surface area contributed by atoms with Crippen LogP contribution in [0, 0.1) is 0 Å². The Balaban J connectivity index is 1.47. The van der Waals surface area contributed by atoms with Gasteiger partial charge in [0.15, 0.2) is 6.10 Å². The minimum atomic E-state index is -0.886. The van der Waals surface area contributed by atoms with Gasteiger partial charge in [0.05, 0.1) is 6.61 Å². The molecule has 0 unspecified atom stereocenters. The molecule has 0 amide bonds. The molecule has 1 aliphatic rings. The van der Waals surface area contributed by atoms with Crippen molar-refractivity contribution in [2.75, 3.05) is 6.61 Å². The predicted molar refractivity (Wildman–Crippen MR) is 111 cm³/mol. The number of rotatable bonds is 6. The van der Waals surface area contributed by atoms with Gasteiger partial charge in [0, 0.05) is 21.6 Å². The fourth-order valence-electron chi connectivity index (χ4n) is 3.19. The van der Waals surface area contributed by atoms with Crippen LogP contribution in [0.4, 0.5) is 0 Å². The van der Waals surface area contributed by atoms with Crippen LogP contribution in [0.2, 0.25) is 0 Å². The Hall–Kier alpha value is -3.12. The van der Waals surface area contributed by atoms with Crippen LogP contribution >= 0.6 is 11.3 Å². The highest BCUT2D eigenvalue weighted by atomic mass is 32.1. The number of carbonyl (C=O) groups excluding carboxylic acids is 2. The zero-order chi connectivity index (χ0) is 20.4. The first kappa shape index (κ1) is 19.2. The van der Waals surface area contributed by atoms with E-state index in [0.29, 0.717) is 29.4 Å². The van der Waals surface area contributed by atoms with Crippen LogP contribution in [0.3, 0.4) is 0 Å². The Morgan fingerprint density at radius 3 is 2.66 bits per heavy atom. The standard InChI is InChI=1S/C23H20O5S/c1-3-26-17-10-8-15(9-11-17)21(24)14(2)28-23(25)20-12-16-13-27-19-7-5-4-6-18(19)22(16)29-20/h4-12,14H,3,13H2,1-2H3/t14-/m1/s1. The van der Waals surface area contributed by atoms with Crippen LogP contribution < -0.4 is 9.47 Å². The van der Waals surface area contributed by atoms with Gasteiger partial charge in [0.25, 0.3) is 0 Å². The number of Topliss-reactive ketones (excluding diaryl/α,β-unsaturated/α-hetero) is 1. The zero-order valence-electron chi connectivity index (χ0n) is 16.1. The van der Waals surface area contributed by atoms with Gasteiger partial charge < -0.3 is 14.2 Å². The van der Waals surface area contributed by atoms with Gasteiger partial charge in [-0.3, -0.25) is 4.79 Å². The second-order valence-electron chi connectivity index (χ2n) is 6.62. The Bertz CT molecular complexity index is 1050. The summed E-state index contributed by atoms with van der Waals surface area (Å²) >= 11 is 1.36. The molecule has 2 heterocycles. The largest absolute Gasteiger partial charge is 0.494 e. The summed E-state index contributed by atoms with van der Waals surface area (Å²) < 4.78 is 16.6. The highest BCUT2D eigenvalue weighted by molar-refractivity contribution is 7.17. The minimum Gasteiger partial charge on any atom is -0.494 e. The number of ketones is 1. The van der Waals surface area contributed by atoms with E-state index in [4.69, 9.17) is 14.2 Å². The number of fused-ring (bicyclic) bond motifs is 3. The minimum absolute atomic E-state index is 0.253. The van der Waals surface area contributed by atoms with E-state index in [2.05, 4.69) is 0 Å². The van der Waals surface area contributed by atoms with Crippen LogP contribution in [0.25, 0.3) is 10.4 Å². The molecule has 1 aromatic heterocycles. The maximum absolute atomic E-state index is 12.6. The monoisotopic (exact) mass is 408 g/mol. The lowest BCUT2D eigenvalue weighted by Crippen LogP contribution is -2.24. The van der Waals surface area contributed by atoms with E-state index in [1.165, 1.54) is 11.3 Å². The van der Waals surface area contributed by atoms with E-state index in [0.717, 1.165) is 21.8 Å². The Kier molecular flexibility index (Phi) is 5.36. The third-order valence-corrected chi connectivity index (χ3v) is 5.82. The number of benzene rings is 2. The van der Waals surface area contributed by atoms with E-state index in [1.54, 1.807) is 37.3 Å². The van der Waals surface area contributed by atoms with Gasteiger partial charge in [-0.15, -0.1) is 11.3 Å². The SMILES string of the molecule is CCOc1ccc(C(=O)[C@@H](C)OC(=O)c2cc3c(s2)-c2ccccc2OC3)cc1. The van der Waals surface area contributed by atoms with Crippen molar-refractivity contribution in [1.82, 2.24) is 0 Å². The molecule has 0 bridgehead atoms. The molecule has 0 saturated carbocycles. The number of esters is 1. The van der Waals surface area contributed by atoms with Gasteiger partial charge in [-0.2, -0.15) is 0 Å². The molecule has 0 fully saturated rings. The van der Waals surface area contributed by atoms with Crippen molar-refractivity contribution in [2.24, 2.45) is 0 Å². The maximum Gasteiger partial charge on any atom is 0.349 e. The number of para-hydroxylation sites is 1. The van der Waals surface area contributed by atoms with E-state index in [9.17, 15) is 9.59 Å². The maximum atomic E-state index is 12.6. The summed E-state index contributed by atoms with van der Waals surface area (Å²) in [6, 6.07) is 16.3. The van der Waals surface area contributed by atoms with Gasteiger partial charge >= 0.3 is 5.97 Å². The van der Waals surface area contributed by atoms with Crippen molar-refractivity contribution in [3.8, 4) is 21.9 Å². The number of hydrogen-bond acceptors (Lipinski definition) is 6. The summed E-state index contributed by atoms with van der Waals surface area (Å²) in [5.41, 5.74) is 2.39. The summed E-state index contributed by atoms with van der Waals surface area (Å²) in [6.45, 7) is 4.45. The average Bonchev–Trinajstić information content (AvgIpc) is 3.19.